The second-order valence-electron chi connectivity index (χ2n) is 4.68. The molecule has 2 saturated heterocycles. The lowest BCUT2D eigenvalue weighted by Crippen LogP contribution is -2.53. The first-order chi connectivity index (χ1) is 6.36. The summed E-state index contributed by atoms with van der Waals surface area (Å²) >= 11 is 0. The molecular formula is C10H18N2O. The minimum absolute atomic E-state index is 0.257. The van der Waals surface area contributed by atoms with Crippen molar-refractivity contribution in [2.45, 2.75) is 37.4 Å². The molecule has 0 spiro atoms. The molecule has 2 aliphatic heterocycles. The second kappa shape index (κ2) is 2.94. The van der Waals surface area contributed by atoms with Gasteiger partial charge in [0.2, 0.25) is 0 Å². The van der Waals surface area contributed by atoms with E-state index in [1.54, 1.807) is 0 Å². The zero-order chi connectivity index (χ0) is 8.84. The molecule has 3 nitrogen and oxygen atoms in total. The van der Waals surface area contributed by atoms with E-state index in [4.69, 9.17) is 10.5 Å². The van der Waals surface area contributed by atoms with Crippen LogP contribution in [0.3, 0.4) is 0 Å². The van der Waals surface area contributed by atoms with Crippen LogP contribution >= 0.6 is 0 Å². The number of nitrogens with two attached hydrogens (primary N) is 1. The molecule has 1 aliphatic carbocycles. The summed E-state index contributed by atoms with van der Waals surface area (Å²) in [5.41, 5.74) is 6.07. The molecule has 4 unspecified atom stereocenters. The molecule has 4 atom stereocenters. The van der Waals surface area contributed by atoms with Crippen molar-refractivity contribution in [3.8, 4) is 0 Å². The van der Waals surface area contributed by atoms with Crippen molar-refractivity contribution in [1.82, 2.24) is 4.90 Å². The van der Waals surface area contributed by atoms with E-state index in [0.717, 1.165) is 31.6 Å². The fourth-order valence-electron chi connectivity index (χ4n) is 3.00. The Morgan fingerprint density at radius 1 is 1.23 bits per heavy atom. The van der Waals surface area contributed by atoms with Crippen LogP contribution in [-0.4, -0.2) is 42.8 Å². The van der Waals surface area contributed by atoms with Gasteiger partial charge in [-0.05, 0) is 31.7 Å². The van der Waals surface area contributed by atoms with Gasteiger partial charge >= 0.3 is 0 Å². The van der Waals surface area contributed by atoms with E-state index in [-0.39, 0.29) is 6.04 Å². The number of rotatable bonds is 1. The molecule has 3 rings (SSSR count). The molecule has 2 heterocycles. The highest BCUT2D eigenvalue weighted by atomic mass is 16.5. The van der Waals surface area contributed by atoms with Crippen LogP contribution in [0.25, 0.3) is 0 Å². The van der Waals surface area contributed by atoms with Crippen molar-refractivity contribution in [1.29, 1.82) is 0 Å². The van der Waals surface area contributed by atoms with Crippen LogP contribution in [0.5, 0.6) is 0 Å². The van der Waals surface area contributed by atoms with Crippen molar-refractivity contribution in [3.05, 3.63) is 0 Å². The predicted molar refractivity (Wildman–Crippen MR) is 50.4 cm³/mol. The van der Waals surface area contributed by atoms with Crippen molar-refractivity contribution in [2.75, 3.05) is 19.8 Å². The summed E-state index contributed by atoms with van der Waals surface area (Å²) in [5.74, 6) is 1.02. The van der Waals surface area contributed by atoms with E-state index in [1.165, 1.54) is 19.4 Å². The third kappa shape index (κ3) is 1.30. The van der Waals surface area contributed by atoms with E-state index in [1.807, 2.05) is 0 Å². The van der Waals surface area contributed by atoms with Crippen molar-refractivity contribution >= 4 is 0 Å². The Morgan fingerprint density at radius 3 is 2.77 bits per heavy atom. The summed E-state index contributed by atoms with van der Waals surface area (Å²) in [6, 6.07) is 1.77. The molecule has 3 fully saturated rings. The van der Waals surface area contributed by atoms with Gasteiger partial charge in [-0.3, -0.25) is 4.90 Å². The highest BCUT2D eigenvalue weighted by Gasteiger charge is 2.50. The molecule has 2 N–H and O–H groups in total. The minimum atomic E-state index is 0.257. The standard InChI is InChI=1S/C10H18N2O/c11-8-6-13-4-2-9(8)12-3-1-7-5-10(7)12/h7-10H,1-6,11H2. The number of likely N-dealkylation sites (tertiary alicyclic amines) is 1. The number of ether oxygens (including phenoxy) is 1. The quantitative estimate of drug-likeness (QED) is 0.629. The molecular weight excluding hydrogens is 164 g/mol. The summed E-state index contributed by atoms with van der Waals surface area (Å²) < 4.78 is 5.37. The van der Waals surface area contributed by atoms with E-state index in [0.29, 0.717) is 6.04 Å². The summed E-state index contributed by atoms with van der Waals surface area (Å²) in [5, 5.41) is 0. The predicted octanol–water partition coefficient (Wildman–Crippen LogP) is 0.197. The van der Waals surface area contributed by atoms with Crippen molar-refractivity contribution in [2.24, 2.45) is 11.7 Å². The lowest BCUT2D eigenvalue weighted by molar-refractivity contribution is 0.0201. The lowest BCUT2D eigenvalue weighted by Gasteiger charge is -2.36. The fraction of sp³-hybridized carbons (Fsp3) is 1.00. The first-order valence-electron chi connectivity index (χ1n) is 5.45. The maximum absolute atomic E-state index is 6.07. The molecule has 3 heteroatoms. The SMILES string of the molecule is NC1COCCC1N1CCC2CC21. The largest absolute Gasteiger partial charge is 0.380 e. The molecule has 1 saturated carbocycles. The molecule has 0 aromatic carbocycles. The topological polar surface area (TPSA) is 38.5 Å². The monoisotopic (exact) mass is 182 g/mol. The molecule has 13 heavy (non-hydrogen) atoms. The highest BCUT2D eigenvalue weighted by molar-refractivity contribution is 5.05. The molecule has 0 aromatic heterocycles. The summed E-state index contributed by atoms with van der Waals surface area (Å²) in [6.45, 7) is 2.96. The van der Waals surface area contributed by atoms with E-state index in [9.17, 15) is 0 Å². The Labute approximate surface area is 79.2 Å². The third-order valence-electron chi connectivity index (χ3n) is 3.86. The van der Waals surface area contributed by atoms with Crippen molar-refractivity contribution in [3.63, 3.8) is 0 Å². The Bertz CT molecular complexity index is 209. The van der Waals surface area contributed by atoms with Gasteiger partial charge in [0.1, 0.15) is 0 Å². The van der Waals surface area contributed by atoms with Gasteiger partial charge in [-0.2, -0.15) is 0 Å². The average Bonchev–Trinajstić information content (AvgIpc) is 2.81. The van der Waals surface area contributed by atoms with Crippen LogP contribution < -0.4 is 5.73 Å². The first kappa shape index (κ1) is 8.21. The van der Waals surface area contributed by atoms with Gasteiger partial charge in [-0.1, -0.05) is 0 Å². The Balaban J connectivity index is 1.68. The van der Waals surface area contributed by atoms with Gasteiger partial charge in [0.15, 0.2) is 0 Å². The summed E-state index contributed by atoms with van der Waals surface area (Å²) in [6.07, 6.45) is 3.99. The second-order valence-corrected chi connectivity index (χ2v) is 4.68. The van der Waals surface area contributed by atoms with Gasteiger partial charge < -0.3 is 10.5 Å². The van der Waals surface area contributed by atoms with Crippen LogP contribution in [0, 0.1) is 5.92 Å². The van der Waals surface area contributed by atoms with E-state index in [2.05, 4.69) is 4.90 Å². The van der Waals surface area contributed by atoms with Crippen LogP contribution in [0.15, 0.2) is 0 Å². The summed E-state index contributed by atoms with van der Waals surface area (Å²) in [7, 11) is 0. The maximum atomic E-state index is 6.07. The normalized spacial score (nSPS) is 50.5. The van der Waals surface area contributed by atoms with Gasteiger partial charge in [0, 0.05) is 24.7 Å². The van der Waals surface area contributed by atoms with Gasteiger partial charge in [0.05, 0.1) is 6.61 Å². The van der Waals surface area contributed by atoms with Gasteiger partial charge in [-0.15, -0.1) is 0 Å². The minimum Gasteiger partial charge on any atom is -0.380 e. The smallest absolute Gasteiger partial charge is 0.0632 e. The first-order valence-corrected chi connectivity index (χ1v) is 5.45. The molecule has 3 aliphatic rings. The highest BCUT2D eigenvalue weighted by Crippen LogP contribution is 2.46. The van der Waals surface area contributed by atoms with E-state index < -0.39 is 0 Å². The number of hydrogen-bond acceptors (Lipinski definition) is 3. The number of piperidine rings is 1. The van der Waals surface area contributed by atoms with Crippen LogP contribution in [-0.2, 0) is 4.74 Å². The van der Waals surface area contributed by atoms with Gasteiger partial charge in [0.25, 0.3) is 0 Å². The van der Waals surface area contributed by atoms with Gasteiger partial charge in [-0.25, -0.2) is 0 Å². The third-order valence-corrected chi connectivity index (χ3v) is 3.86. The fourth-order valence-corrected chi connectivity index (χ4v) is 3.00. The van der Waals surface area contributed by atoms with Crippen molar-refractivity contribution < 1.29 is 4.74 Å². The Morgan fingerprint density at radius 2 is 2.15 bits per heavy atom. The summed E-state index contributed by atoms with van der Waals surface area (Å²) in [4.78, 5) is 2.65. The number of hydrogen-bond donors (Lipinski definition) is 1. The zero-order valence-corrected chi connectivity index (χ0v) is 7.98. The number of nitrogens with zero attached hydrogens (tertiary/aromatic N) is 1. The number of fused-ring (bicyclic) bond motifs is 1. The maximum Gasteiger partial charge on any atom is 0.0632 e. The molecule has 0 bridgehead atoms. The Kier molecular flexibility index (Phi) is 1.86. The van der Waals surface area contributed by atoms with Crippen LogP contribution in [0.1, 0.15) is 19.3 Å². The van der Waals surface area contributed by atoms with Crippen LogP contribution in [0.2, 0.25) is 0 Å². The van der Waals surface area contributed by atoms with Crippen LogP contribution in [0.4, 0.5) is 0 Å². The molecule has 74 valence electrons. The Hall–Kier alpha value is -0.120. The average molecular weight is 182 g/mol. The molecule has 0 aromatic rings. The molecule has 0 amide bonds. The lowest BCUT2D eigenvalue weighted by atomic mass is 10.0. The molecule has 0 radical (unpaired) electrons. The van der Waals surface area contributed by atoms with E-state index >= 15 is 0 Å². The zero-order valence-electron chi connectivity index (χ0n) is 7.98.